The van der Waals surface area contributed by atoms with E-state index < -0.39 is 0 Å². The third-order valence-electron chi connectivity index (χ3n) is 3.32. The van der Waals surface area contributed by atoms with Gasteiger partial charge >= 0.3 is 0 Å². The number of carbonyl (C=O) groups excluding carboxylic acids is 1. The standard InChI is InChI=1S/C18H21NOS/c1-15(16-8-4-2-5-9-16)14-19-18(20)12-13-21-17-10-6-3-7-11-17/h2-11,15H,12-14H2,1H3,(H,19,20)/t15-/m1/s1. The number of thioether (sulfide) groups is 1. The van der Waals surface area contributed by atoms with Crippen LogP contribution in [0.1, 0.15) is 24.8 Å². The Labute approximate surface area is 131 Å². The first-order valence-electron chi connectivity index (χ1n) is 7.25. The van der Waals surface area contributed by atoms with Crippen molar-refractivity contribution in [3.05, 3.63) is 66.2 Å². The van der Waals surface area contributed by atoms with Crippen molar-refractivity contribution in [3.63, 3.8) is 0 Å². The molecule has 1 atom stereocenters. The number of hydrogen-bond acceptors (Lipinski definition) is 2. The predicted molar refractivity (Wildman–Crippen MR) is 89.6 cm³/mol. The highest BCUT2D eigenvalue weighted by molar-refractivity contribution is 7.99. The molecule has 2 nitrogen and oxygen atoms in total. The molecule has 0 aliphatic rings. The van der Waals surface area contributed by atoms with Gasteiger partial charge in [-0.15, -0.1) is 11.8 Å². The molecule has 0 bridgehead atoms. The van der Waals surface area contributed by atoms with E-state index in [2.05, 4.69) is 36.5 Å². The van der Waals surface area contributed by atoms with E-state index >= 15 is 0 Å². The third-order valence-corrected chi connectivity index (χ3v) is 4.33. The molecule has 2 rings (SSSR count). The first-order valence-corrected chi connectivity index (χ1v) is 8.24. The second-order valence-electron chi connectivity index (χ2n) is 5.03. The lowest BCUT2D eigenvalue weighted by Gasteiger charge is -2.13. The minimum absolute atomic E-state index is 0.126. The number of amides is 1. The number of benzene rings is 2. The maximum Gasteiger partial charge on any atom is 0.220 e. The quantitative estimate of drug-likeness (QED) is 0.780. The van der Waals surface area contributed by atoms with Gasteiger partial charge < -0.3 is 5.32 Å². The average molecular weight is 299 g/mol. The molecule has 0 heterocycles. The predicted octanol–water partition coefficient (Wildman–Crippen LogP) is 4.09. The fourth-order valence-corrected chi connectivity index (χ4v) is 2.91. The first-order chi connectivity index (χ1) is 10.3. The zero-order valence-corrected chi connectivity index (χ0v) is 13.1. The van der Waals surface area contributed by atoms with Crippen LogP contribution in [0.3, 0.4) is 0 Å². The van der Waals surface area contributed by atoms with E-state index in [1.165, 1.54) is 10.5 Å². The molecule has 1 N–H and O–H groups in total. The summed E-state index contributed by atoms with van der Waals surface area (Å²) >= 11 is 1.72. The normalized spacial score (nSPS) is 11.9. The summed E-state index contributed by atoms with van der Waals surface area (Å²) in [6.07, 6.45) is 0.557. The summed E-state index contributed by atoms with van der Waals surface area (Å²) in [5.74, 6) is 1.29. The molecule has 2 aromatic carbocycles. The second kappa shape index (κ2) is 8.53. The molecule has 0 aromatic heterocycles. The molecule has 110 valence electrons. The largest absolute Gasteiger partial charge is 0.355 e. The van der Waals surface area contributed by atoms with E-state index in [4.69, 9.17) is 0 Å². The Balaban J connectivity index is 1.66. The Bertz CT molecular complexity index is 542. The molecule has 2 aromatic rings. The van der Waals surface area contributed by atoms with Crippen LogP contribution in [0.15, 0.2) is 65.6 Å². The molecule has 0 saturated carbocycles. The molecule has 1 amide bonds. The van der Waals surface area contributed by atoms with Gasteiger partial charge in [0, 0.05) is 23.6 Å². The molecule has 0 unspecified atom stereocenters. The Morgan fingerprint density at radius 2 is 1.67 bits per heavy atom. The van der Waals surface area contributed by atoms with Crippen molar-refractivity contribution in [1.29, 1.82) is 0 Å². The van der Waals surface area contributed by atoms with Crippen molar-refractivity contribution in [2.75, 3.05) is 12.3 Å². The van der Waals surface area contributed by atoms with Gasteiger partial charge in [-0.05, 0) is 23.6 Å². The highest BCUT2D eigenvalue weighted by Crippen LogP contribution is 2.17. The molecule has 0 spiro atoms. The van der Waals surface area contributed by atoms with Gasteiger partial charge in [-0.2, -0.15) is 0 Å². The van der Waals surface area contributed by atoms with Crippen LogP contribution in [-0.4, -0.2) is 18.2 Å². The van der Waals surface area contributed by atoms with E-state index in [1.807, 2.05) is 36.4 Å². The first kappa shape index (κ1) is 15.6. The van der Waals surface area contributed by atoms with Gasteiger partial charge in [0.05, 0.1) is 0 Å². The van der Waals surface area contributed by atoms with Crippen LogP contribution in [0.25, 0.3) is 0 Å². The van der Waals surface area contributed by atoms with E-state index in [0.29, 0.717) is 18.9 Å². The summed E-state index contributed by atoms with van der Waals surface area (Å²) in [7, 11) is 0. The summed E-state index contributed by atoms with van der Waals surface area (Å²) in [4.78, 5) is 13.1. The third kappa shape index (κ3) is 5.64. The number of carbonyl (C=O) groups is 1. The van der Waals surface area contributed by atoms with Crippen LogP contribution in [0.2, 0.25) is 0 Å². The lowest BCUT2D eigenvalue weighted by Crippen LogP contribution is -2.27. The van der Waals surface area contributed by atoms with Crippen molar-refractivity contribution < 1.29 is 4.79 Å². The van der Waals surface area contributed by atoms with Gasteiger partial charge in [0.25, 0.3) is 0 Å². The van der Waals surface area contributed by atoms with Crippen molar-refractivity contribution in [2.45, 2.75) is 24.2 Å². The summed E-state index contributed by atoms with van der Waals surface area (Å²) in [6.45, 7) is 2.83. The van der Waals surface area contributed by atoms with Crippen molar-refractivity contribution >= 4 is 17.7 Å². The van der Waals surface area contributed by atoms with E-state index in [9.17, 15) is 4.79 Å². The van der Waals surface area contributed by atoms with Gasteiger partial charge in [0.1, 0.15) is 0 Å². The van der Waals surface area contributed by atoms with Crippen LogP contribution >= 0.6 is 11.8 Å². The number of rotatable bonds is 7. The van der Waals surface area contributed by atoms with Gasteiger partial charge in [0.2, 0.25) is 5.91 Å². The zero-order chi connectivity index (χ0) is 14.9. The smallest absolute Gasteiger partial charge is 0.220 e. The Kier molecular flexibility index (Phi) is 6.35. The van der Waals surface area contributed by atoms with E-state index in [1.54, 1.807) is 11.8 Å². The zero-order valence-electron chi connectivity index (χ0n) is 12.3. The minimum atomic E-state index is 0.126. The molecule has 21 heavy (non-hydrogen) atoms. The monoisotopic (exact) mass is 299 g/mol. The van der Waals surface area contributed by atoms with Gasteiger partial charge in [-0.25, -0.2) is 0 Å². The number of nitrogens with one attached hydrogen (secondary N) is 1. The lowest BCUT2D eigenvalue weighted by molar-refractivity contribution is -0.120. The highest BCUT2D eigenvalue weighted by atomic mass is 32.2. The molecular formula is C18H21NOS. The topological polar surface area (TPSA) is 29.1 Å². The maximum absolute atomic E-state index is 11.8. The summed E-state index contributed by atoms with van der Waals surface area (Å²) in [5.41, 5.74) is 1.26. The molecule has 0 saturated heterocycles. The van der Waals surface area contributed by atoms with Crippen molar-refractivity contribution in [3.8, 4) is 0 Å². The molecular weight excluding hydrogens is 278 g/mol. The molecule has 0 fully saturated rings. The fraction of sp³-hybridized carbons (Fsp3) is 0.278. The molecule has 0 aliphatic carbocycles. The second-order valence-corrected chi connectivity index (χ2v) is 6.20. The summed E-state index contributed by atoms with van der Waals surface area (Å²) in [6, 6.07) is 20.4. The Morgan fingerprint density at radius 3 is 2.33 bits per heavy atom. The van der Waals surface area contributed by atoms with Crippen LogP contribution in [0.4, 0.5) is 0 Å². The Morgan fingerprint density at radius 1 is 1.05 bits per heavy atom. The average Bonchev–Trinajstić information content (AvgIpc) is 2.54. The molecule has 3 heteroatoms. The molecule has 0 radical (unpaired) electrons. The van der Waals surface area contributed by atoms with E-state index in [0.717, 1.165) is 5.75 Å². The number of hydrogen-bond donors (Lipinski definition) is 1. The molecule has 0 aliphatic heterocycles. The Hall–Kier alpha value is -1.74. The maximum atomic E-state index is 11.8. The lowest BCUT2D eigenvalue weighted by atomic mass is 10.0. The minimum Gasteiger partial charge on any atom is -0.355 e. The highest BCUT2D eigenvalue weighted by Gasteiger charge is 2.07. The summed E-state index contributed by atoms with van der Waals surface area (Å²) < 4.78 is 0. The summed E-state index contributed by atoms with van der Waals surface area (Å²) in [5, 5.41) is 3.01. The van der Waals surface area contributed by atoms with Crippen LogP contribution in [0, 0.1) is 0 Å². The van der Waals surface area contributed by atoms with Crippen molar-refractivity contribution in [2.24, 2.45) is 0 Å². The van der Waals surface area contributed by atoms with Gasteiger partial charge in [0.15, 0.2) is 0 Å². The fourth-order valence-electron chi connectivity index (χ4n) is 2.03. The van der Waals surface area contributed by atoms with Gasteiger partial charge in [-0.3, -0.25) is 4.79 Å². The SMILES string of the molecule is C[C@H](CNC(=O)CCSc1ccccc1)c1ccccc1. The van der Waals surface area contributed by atoms with Crippen molar-refractivity contribution in [1.82, 2.24) is 5.32 Å². The van der Waals surface area contributed by atoms with Crippen LogP contribution in [-0.2, 0) is 4.79 Å². The van der Waals surface area contributed by atoms with Gasteiger partial charge in [-0.1, -0.05) is 55.5 Å². The van der Waals surface area contributed by atoms with E-state index in [-0.39, 0.29) is 5.91 Å². The van der Waals surface area contributed by atoms with Crippen LogP contribution < -0.4 is 5.32 Å². The van der Waals surface area contributed by atoms with Crippen LogP contribution in [0.5, 0.6) is 0 Å².